The van der Waals surface area contributed by atoms with Crippen LogP contribution < -0.4 is 0 Å². The zero-order valence-corrected chi connectivity index (χ0v) is 17.2. The quantitative estimate of drug-likeness (QED) is 0.861. The van der Waals surface area contributed by atoms with E-state index >= 15 is 0 Å². The number of rotatable bonds is 4. The van der Waals surface area contributed by atoms with Crippen LogP contribution in [0.2, 0.25) is 0 Å². The van der Waals surface area contributed by atoms with E-state index in [0.29, 0.717) is 25.3 Å². The summed E-state index contributed by atoms with van der Waals surface area (Å²) in [6, 6.07) is 4.39. The predicted molar refractivity (Wildman–Crippen MR) is 110 cm³/mol. The fourth-order valence-electron chi connectivity index (χ4n) is 6.09. The molecule has 1 amide bonds. The van der Waals surface area contributed by atoms with E-state index in [1.54, 1.807) is 13.3 Å². The van der Waals surface area contributed by atoms with Gasteiger partial charge in [0.25, 0.3) is 0 Å². The molecule has 0 spiro atoms. The number of pyridine rings is 1. The molecule has 1 N–H and O–H groups in total. The van der Waals surface area contributed by atoms with Crippen LogP contribution in [0.1, 0.15) is 51.4 Å². The number of ether oxygens (including phenoxy) is 1. The highest BCUT2D eigenvalue weighted by Gasteiger charge is 2.50. The number of nitrogens with zero attached hydrogens (tertiary/aromatic N) is 3. The van der Waals surface area contributed by atoms with Crippen molar-refractivity contribution >= 4 is 16.8 Å². The lowest BCUT2D eigenvalue weighted by atomic mass is 9.82. The molecule has 2 aliphatic heterocycles. The van der Waals surface area contributed by atoms with Gasteiger partial charge in [-0.3, -0.25) is 9.78 Å². The fourth-order valence-corrected chi connectivity index (χ4v) is 6.09. The molecular formula is C23H31N3O3. The summed E-state index contributed by atoms with van der Waals surface area (Å²) in [6.07, 6.45) is 13.2. The molecule has 6 nitrogen and oxygen atoms in total. The molecule has 2 aromatic heterocycles. The molecule has 2 saturated heterocycles. The normalized spacial score (nSPS) is 34.6. The topological polar surface area (TPSA) is 67.6 Å². The van der Waals surface area contributed by atoms with E-state index in [2.05, 4.69) is 20.5 Å². The number of aromatic nitrogens is 2. The third-order valence-corrected chi connectivity index (χ3v) is 7.46. The molecule has 1 saturated carbocycles. The maximum absolute atomic E-state index is 13.4. The molecule has 1 aliphatic carbocycles. The third kappa shape index (κ3) is 3.46. The van der Waals surface area contributed by atoms with E-state index in [-0.39, 0.29) is 24.1 Å². The Balaban J connectivity index is 1.31. The van der Waals surface area contributed by atoms with Crippen molar-refractivity contribution in [3.63, 3.8) is 0 Å². The van der Waals surface area contributed by atoms with E-state index < -0.39 is 5.60 Å². The lowest BCUT2D eigenvalue weighted by Crippen LogP contribution is -2.56. The molecule has 0 radical (unpaired) electrons. The molecular weight excluding hydrogens is 366 g/mol. The second kappa shape index (κ2) is 7.40. The number of fused-ring (bicyclic) bond motifs is 3. The van der Waals surface area contributed by atoms with E-state index in [1.165, 1.54) is 0 Å². The Morgan fingerprint density at radius 1 is 1.24 bits per heavy atom. The van der Waals surface area contributed by atoms with E-state index in [9.17, 15) is 9.90 Å². The number of carbonyl (C=O) groups excluding carboxylic acids is 1. The number of hydrogen-bond donors (Lipinski definition) is 1. The van der Waals surface area contributed by atoms with Gasteiger partial charge in [-0.05, 0) is 57.1 Å². The van der Waals surface area contributed by atoms with E-state index in [0.717, 1.165) is 49.4 Å². The van der Waals surface area contributed by atoms with Gasteiger partial charge in [0, 0.05) is 42.9 Å². The average molecular weight is 398 g/mol. The van der Waals surface area contributed by atoms with E-state index in [1.807, 2.05) is 18.5 Å². The highest BCUT2D eigenvalue weighted by Crippen LogP contribution is 2.43. The molecule has 3 fully saturated rings. The largest absolute Gasteiger partial charge is 0.388 e. The maximum Gasteiger partial charge on any atom is 0.226 e. The van der Waals surface area contributed by atoms with Crippen LogP contribution in [-0.2, 0) is 16.1 Å². The third-order valence-electron chi connectivity index (χ3n) is 7.46. The summed E-state index contributed by atoms with van der Waals surface area (Å²) < 4.78 is 7.65. The molecule has 5 rings (SSSR count). The predicted octanol–water partition coefficient (Wildman–Crippen LogP) is 3.13. The van der Waals surface area contributed by atoms with Crippen LogP contribution in [0, 0.1) is 5.92 Å². The van der Waals surface area contributed by atoms with Crippen LogP contribution in [0.4, 0.5) is 0 Å². The number of methoxy groups -OCH3 is 1. The van der Waals surface area contributed by atoms with Gasteiger partial charge >= 0.3 is 0 Å². The van der Waals surface area contributed by atoms with Crippen LogP contribution in [0.25, 0.3) is 10.9 Å². The first-order valence-corrected chi connectivity index (χ1v) is 11.0. The van der Waals surface area contributed by atoms with Crippen molar-refractivity contribution in [2.24, 2.45) is 5.92 Å². The van der Waals surface area contributed by atoms with Crippen LogP contribution in [0.3, 0.4) is 0 Å². The minimum Gasteiger partial charge on any atom is -0.388 e. The molecule has 0 aromatic carbocycles. The summed E-state index contributed by atoms with van der Waals surface area (Å²) in [5.74, 6) is 0.388. The van der Waals surface area contributed by atoms with Crippen LogP contribution >= 0.6 is 0 Å². The molecule has 3 aliphatic rings. The zero-order valence-electron chi connectivity index (χ0n) is 17.2. The Hall–Kier alpha value is -1.92. The second-order valence-corrected chi connectivity index (χ2v) is 9.36. The van der Waals surface area contributed by atoms with Crippen molar-refractivity contribution in [2.75, 3.05) is 7.11 Å². The number of carbonyl (C=O) groups is 1. The van der Waals surface area contributed by atoms with Crippen LogP contribution in [-0.4, -0.2) is 56.4 Å². The van der Waals surface area contributed by atoms with E-state index in [4.69, 9.17) is 4.74 Å². The summed E-state index contributed by atoms with van der Waals surface area (Å²) in [4.78, 5) is 19.7. The van der Waals surface area contributed by atoms with Crippen LogP contribution in [0.5, 0.6) is 0 Å². The molecule has 2 bridgehead atoms. The van der Waals surface area contributed by atoms with Gasteiger partial charge < -0.3 is 19.3 Å². The zero-order chi connectivity index (χ0) is 20.0. The lowest BCUT2D eigenvalue weighted by Gasteiger charge is -2.45. The molecule has 29 heavy (non-hydrogen) atoms. The summed E-state index contributed by atoms with van der Waals surface area (Å²) in [5, 5.41) is 12.6. The van der Waals surface area contributed by atoms with Gasteiger partial charge in [-0.25, -0.2) is 0 Å². The second-order valence-electron chi connectivity index (χ2n) is 9.36. The molecule has 156 valence electrons. The fraction of sp³-hybridized carbons (Fsp3) is 0.652. The lowest BCUT2D eigenvalue weighted by molar-refractivity contribution is -0.149. The summed E-state index contributed by atoms with van der Waals surface area (Å²) >= 11 is 0. The Morgan fingerprint density at radius 3 is 2.79 bits per heavy atom. The first-order valence-electron chi connectivity index (χ1n) is 11.0. The van der Waals surface area contributed by atoms with Crippen LogP contribution in [0.15, 0.2) is 30.7 Å². The van der Waals surface area contributed by atoms with Crippen molar-refractivity contribution in [3.8, 4) is 0 Å². The first-order chi connectivity index (χ1) is 14.1. The monoisotopic (exact) mass is 397 g/mol. The Bertz CT molecular complexity index is 880. The molecule has 6 heteroatoms. The van der Waals surface area contributed by atoms with Gasteiger partial charge in [-0.2, -0.15) is 0 Å². The highest BCUT2D eigenvalue weighted by atomic mass is 16.5. The highest BCUT2D eigenvalue weighted by molar-refractivity contribution is 5.80. The average Bonchev–Trinajstić information content (AvgIpc) is 3.26. The Morgan fingerprint density at radius 2 is 2.03 bits per heavy atom. The van der Waals surface area contributed by atoms with Gasteiger partial charge in [0.15, 0.2) is 0 Å². The molecule has 4 atom stereocenters. The summed E-state index contributed by atoms with van der Waals surface area (Å²) in [5.41, 5.74) is 0.283. The first kappa shape index (κ1) is 19.1. The molecule has 0 unspecified atom stereocenters. The summed E-state index contributed by atoms with van der Waals surface area (Å²) in [7, 11) is 1.75. The van der Waals surface area contributed by atoms with Crippen molar-refractivity contribution in [1.29, 1.82) is 0 Å². The Kier molecular flexibility index (Phi) is 4.87. The van der Waals surface area contributed by atoms with Crippen molar-refractivity contribution in [1.82, 2.24) is 14.5 Å². The van der Waals surface area contributed by atoms with Gasteiger partial charge in [0.05, 0.1) is 30.0 Å². The minimum absolute atomic E-state index is 0.0856. The standard InChI is InChI=1S/C23H31N3O3/c1-29-20-4-2-3-17(11-20)22(27)26-18-5-6-19(26)13-23(28,12-18)15-25-10-8-16-7-9-24-14-21(16)25/h7-10,14,17-20,28H,2-6,11-13,15H2,1H3/t17-,18+,19+,20+/m0/s1. The Labute approximate surface area is 171 Å². The van der Waals surface area contributed by atoms with Crippen molar-refractivity contribution in [2.45, 2.75) is 81.7 Å². The van der Waals surface area contributed by atoms with Gasteiger partial charge in [-0.1, -0.05) is 6.42 Å². The summed E-state index contributed by atoms with van der Waals surface area (Å²) in [6.45, 7) is 0.562. The van der Waals surface area contributed by atoms with Gasteiger partial charge in [-0.15, -0.1) is 0 Å². The number of hydrogen-bond acceptors (Lipinski definition) is 4. The number of amides is 1. The maximum atomic E-state index is 13.4. The van der Waals surface area contributed by atoms with Crippen molar-refractivity contribution < 1.29 is 14.6 Å². The van der Waals surface area contributed by atoms with Crippen molar-refractivity contribution in [3.05, 3.63) is 30.7 Å². The number of piperidine rings is 1. The molecule has 2 aromatic rings. The number of aliphatic hydroxyl groups is 1. The smallest absolute Gasteiger partial charge is 0.226 e. The van der Waals surface area contributed by atoms with Gasteiger partial charge in [0.1, 0.15) is 0 Å². The molecule has 4 heterocycles. The van der Waals surface area contributed by atoms with Gasteiger partial charge in [0.2, 0.25) is 5.91 Å². The SMILES string of the molecule is CO[C@@H]1CCC[C@H](C(=O)N2[C@@H]3CC[C@@H]2CC(O)(Cn2ccc4ccncc42)C3)C1. The minimum atomic E-state index is -0.772.